The van der Waals surface area contributed by atoms with E-state index in [2.05, 4.69) is 41.2 Å². The molecule has 0 spiro atoms. The van der Waals surface area contributed by atoms with Crippen molar-refractivity contribution in [3.63, 3.8) is 0 Å². The van der Waals surface area contributed by atoms with E-state index in [0.29, 0.717) is 0 Å². The van der Waals surface area contributed by atoms with E-state index < -0.39 is 0 Å². The fourth-order valence-corrected chi connectivity index (χ4v) is 4.04. The van der Waals surface area contributed by atoms with Gasteiger partial charge in [0.2, 0.25) is 0 Å². The van der Waals surface area contributed by atoms with Crippen molar-refractivity contribution in [1.29, 1.82) is 0 Å². The van der Waals surface area contributed by atoms with E-state index in [1.165, 1.54) is 63.5 Å². The van der Waals surface area contributed by atoms with E-state index in [4.69, 9.17) is 9.73 Å². The molecule has 1 aliphatic rings. The van der Waals surface area contributed by atoms with Crippen LogP contribution in [0.1, 0.15) is 88.2 Å². The van der Waals surface area contributed by atoms with Gasteiger partial charge in [0.05, 0.1) is 17.1 Å². The first-order chi connectivity index (χ1) is 14.3. The van der Waals surface area contributed by atoms with Crippen molar-refractivity contribution in [2.45, 2.75) is 83.7 Å². The lowest BCUT2D eigenvalue weighted by molar-refractivity contribution is 0.142. The molecule has 0 fully saturated rings. The number of aliphatic imine (C=N–C) groups is 1. The lowest BCUT2D eigenvalue weighted by Crippen LogP contribution is -2.10. The number of methoxy groups -OCH3 is 1. The van der Waals surface area contributed by atoms with Gasteiger partial charge in [-0.25, -0.2) is 0 Å². The molecule has 3 heterocycles. The predicted octanol–water partition coefficient (Wildman–Crippen LogP) is 6.67. The average Bonchev–Trinajstić information content (AvgIpc) is 3.48. The number of aromatic nitrogens is 2. The number of ether oxygens (including phenoxy) is 1. The zero-order valence-electron chi connectivity index (χ0n) is 18.2. The van der Waals surface area contributed by atoms with Gasteiger partial charge in [-0.05, 0) is 43.2 Å². The minimum absolute atomic E-state index is 0.0253. The Bertz CT molecular complexity index is 770. The number of hydrogen-bond donors (Lipinski definition) is 2. The first-order valence-electron chi connectivity index (χ1n) is 11.4. The van der Waals surface area contributed by atoms with Crippen molar-refractivity contribution < 1.29 is 4.74 Å². The number of hydrogen-bond acceptors (Lipinski definition) is 2. The molecular formula is C25H37N3O. The molecule has 0 bridgehead atoms. The molecule has 0 radical (unpaired) electrons. The first-order valence-corrected chi connectivity index (χ1v) is 11.4. The molecule has 2 aromatic heterocycles. The van der Waals surface area contributed by atoms with Crippen LogP contribution in [-0.2, 0) is 11.2 Å². The second-order valence-corrected chi connectivity index (χ2v) is 8.16. The van der Waals surface area contributed by atoms with Crippen molar-refractivity contribution in [2.24, 2.45) is 4.99 Å². The van der Waals surface area contributed by atoms with Crippen LogP contribution in [0.25, 0.3) is 6.08 Å². The Morgan fingerprint density at radius 2 is 1.79 bits per heavy atom. The highest BCUT2D eigenvalue weighted by Crippen LogP contribution is 2.26. The standard InChI is InChI=1S/C25H37N3O/c1-3-4-5-6-7-8-9-10-11-13-20-15-16-21(27-20)18-24-25(29-2)19-23(28-24)22-14-12-17-26-22/h12,14-18,25-27H,3-11,13,19H2,1-2H3. The van der Waals surface area contributed by atoms with Gasteiger partial charge in [-0.1, -0.05) is 58.3 Å². The summed E-state index contributed by atoms with van der Waals surface area (Å²) in [5, 5.41) is 0. The molecule has 0 aromatic carbocycles. The van der Waals surface area contributed by atoms with E-state index in [1.807, 2.05) is 12.3 Å². The third-order valence-corrected chi connectivity index (χ3v) is 5.79. The molecule has 3 rings (SSSR count). The van der Waals surface area contributed by atoms with Crippen LogP contribution in [0.2, 0.25) is 0 Å². The van der Waals surface area contributed by atoms with Crippen molar-refractivity contribution in [2.75, 3.05) is 7.11 Å². The number of aryl methyl sites for hydroxylation is 1. The summed E-state index contributed by atoms with van der Waals surface area (Å²) in [6.45, 7) is 2.28. The maximum Gasteiger partial charge on any atom is 0.105 e. The molecule has 2 N–H and O–H groups in total. The number of rotatable bonds is 13. The maximum absolute atomic E-state index is 5.65. The minimum Gasteiger partial charge on any atom is -0.375 e. The summed E-state index contributed by atoms with van der Waals surface area (Å²) in [5.74, 6) is 0. The van der Waals surface area contributed by atoms with Gasteiger partial charge in [-0.15, -0.1) is 0 Å². The number of nitrogens with zero attached hydrogens (tertiary/aromatic N) is 1. The number of unbranched alkanes of at least 4 members (excludes halogenated alkanes) is 8. The Labute approximate surface area is 175 Å². The number of nitrogens with one attached hydrogen (secondary N) is 2. The lowest BCUT2D eigenvalue weighted by atomic mass is 10.1. The summed E-state index contributed by atoms with van der Waals surface area (Å²) in [6, 6.07) is 8.44. The molecule has 2 aromatic rings. The van der Waals surface area contributed by atoms with Crippen LogP contribution in [0.5, 0.6) is 0 Å². The third kappa shape index (κ3) is 6.74. The van der Waals surface area contributed by atoms with E-state index in [0.717, 1.165) is 35.6 Å². The van der Waals surface area contributed by atoms with E-state index in [-0.39, 0.29) is 6.10 Å². The summed E-state index contributed by atoms with van der Waals surface area (Å²) < 4.78 is 5.65. The van der Waals surface area contributed by atoms with Crippen LogP contribution in [-0.4, -0.2) is 28.9 Å². The molecule has 0 aliphatic carbocycles. The molecule has 29 heavy (non-hydrogen) atoms. The molecule has 1 aliphatic heterocycles. The Kier molecular flexibility index (Phi) is 8.82. The molecule has 4 nitrogen and oxygen atoms in total. The summed E-state index contributed by atoms with van der Waals surface area (Å²) in [4.78, 5) is 11.6. The predicted molar refractivity (Wildman–Crippen MR) is 122 cm³/mol. The van der Waals surface area contributed by atoms with Crippen molar-refractivity contribution in [3.05, 3.63) is 53.2 Å². The second-order valence-electron chi connectivity index (χ2n) is 8.16. The van der Waals surface area contributed by atoms with Gasteiger partial charge < -0.3 is 14.7 Å². The Balaban J connectivity index is 1.43. The first kappa shape index (κ1) is 21.6. The lowest BCUT2D eigenvalue weighted by Gasteiger charge is -2.07. The quantitative estimate of drug-likeness (QED) is 0.366. The van der Waals surface area contributed by atoms with E-state index in [9.17, 15) is 0 Å². The maximum atomic E-state index is 5.65. The normalized spacial score (nSPS) is 17.9. The summed E-state index contributed by atoms with van der Waals surface area (Å²) in [7, 11) is 1.76. The van der Waals surface area contributed by atoms with Gasteiger partial charge in [0.25, 0.3) is 0 Å². The zero-order chi connectivity index (χ0) is 20.3. The summed E-state index contributed by atoms with van der Waals surface area (Å²) in [5.41, 5.74) is 5.57. The smallest absolute Gasteiger partial charge is 0.105 e. The molecule has 0 saturated heterocycles. The van der Waals surface area contributed by atoms with Crippen molar-refractivity contribution in [3.8, 4) is 0 Å². The highest BCUT2D eigenvalue weighted by Gasteiger charge is 2.25. The van der Waals surface area contributed by atoms with Gasteiger partial charge in [0.1, 0.15) is 6.10 Å². The van der Waals surface area contributed by atoms with Crippen molar-refractivity contribution >= 4 is 11.8 Å². The van der Waals surface area contributed by atoms with Crippen molar-refractivity contribution in [1.82, 2.24) is 9.97 Å². The summed E-state index contributed by atoms with van der Waals surface area (Å²) >= 11 is 0. The minimum atomic E-state index is 0.0253. The van der Waals surface area contributed by atoms with Crippen LogP contribution in [0.15, 0.2) is 41.2 Å². The zero-order valence-corrected chi connectivity index (χ0v) is 18.2. The topological polar surface area (TPSA) is 53.2 Å². The fourth-order valence-electron chi connectivity index (χ4n) is 4.04. The Hall–Kier alpha value is -2.07. The Morgan fingerprint density at radius 3 is 2.48 bits per heavy atom. The molecular weight excluding hydrogens is 358 g/mol. The second kappa shape index (κ2) is 11.8. The van der Waals surface area contributed by atoms with Crippen LogP contribution < -0.4 is 0 Å². The van der Waals surface area contributed by atoms with Crippen LogP contribution in [0, 0.1) is 0 Å². The van der Waals surface area contributed by atoms with Gasteiger partial charge in [0.15, 0.2) is 0 Å². The monoisotopic (exact) mass is 395 g/mol. The molecule has 1 unspecified atom stereocenters. The molecule has 0 amide bonds. The van der Waals surface area contributed by atoms with Crippen LogP contribution >= 0.6 is 0 Å². The largest absolute Gasteiger partial charge is 0.375 e. The van der Waals surface area contributed by atoms with Gasteiger partial charge in [-0.3, -0.25) is 4.99 Å². The third-order valence-electron chi connectivity index (χ3n) is 5.79. The van der Waals surface area contributed by atoms with Crippen LogP contribution in [0.3, 0.4) is 0 Å². The highest BCUT2D eigenvalue weighted by molar-refractivity contribution is 6.02. The number of aromatic amines is 2. The Morgan fingerprint density at radius 1 is 1.03 bits per heavy atom. The van der Waals surface area contributed by atoms with E-state index >= 15 is 0 Å². The fraction of sp³-hybridized carbons (Fsp3) is 0.560. The highest BCUT2D eigenvalue weighted by atomic mass is 16.5. The van der Waals surface area contributed by atoms with Crippen LogP contribution in [0.4, 0.5) is 0 Å². The summed E-state index contributed by atoms with van der Waals surface area (Å²) in [6.07, 6.45) is 18.4. The van der Waals surface area contributed by atoms with E-state index in [1.54, 1.807) is 7.11 Å². The van der Waals surface area contributed by atoms with Gasteiger partial charge >= 0.3 is 0 Å². The molecule has 0 saturated carbocycles. The number of H-pyrrole nitrogens is 2. The molecule has 158 valence electrons. The SMILES string of the molecule is CCCCCCCCCCCc1ccc(C=C2N=C(c3ccc[nH]3)CC2OC)[nH]1. The average molecular weight is 396 g/mol. The molecule has 4 heteroatoms. The van der Waals surface area contributed by atoms with Gasteiger partial charge in [-0.2, -0.15) is 0 Å². The molecule has 1 atom stereocenters. The van der Waals surface area contributed by atoms with Gasteiger partial charge in [0, 0.05) is 31.1 Å².